The highest BCUT2D eigenvalue weighted by Gasteiger charge is 2.41. The molecule has 11 nitrogen and oxygen atoms in total. The Labute approximate surface area is 192 Å². The summed E-state index contributed by atoms with van der Waals surface area (Å²) in [5.41, 5.74) is -0.0767. The van der Waals surface area contributed by atoms with E-state index in [-0.39, 0.29) is 23.0 Å². The zero-order chi connectivity index (χ0) is 23.9. The second kappa shape index (κ2) is 8.70. The molecule has 1 N–H and O–H groups in total. The van der Waals surface area contributed by atoms with Crippen molar-refractivity contribution in [1.29, 1.82) is 0 Å². The molecule has 12 heteroatoms. The van der Waals surface area contributed by atoms with E-state index in [0.29, 0.717) is 36.0 Å². The summed E-state index contributed by atoms with van der Waals surface area (Å²) in [7, 11) is 0. The highest BCUT2D eigenvalue weighted by atomic mass is 32.1. The van der Waals surface area contributed by atoms with Crippen LogP contribution in [0.1, 0.15) is 51.6 Å². The van der Waals surface area contributed by atoms with Crippen molar-refractivity contribution >= 4 is 45.8 Å². The van der Waals surface area contributed by atoms with Gasteiger partial charge in [0.1, 0.15) is 12.1 Å². The lowest BCUT2D eigenvalue weighted by Gasteiger charge is -2.26. The summed E-state index contributed by atoms with van der Waals surface area (Å²) in [4.78, 5) is 68.3. The second-order valence-corrected chi connectivity index (χ2v) is 9.34. The number of aromatic nitrogens is 1. The minimum absolute atomic E-state index is 0.0781. The van der Waals surface area contributed by atoms with Gasteiger partial charge in [-0.05, 0) is 12.0 Å². The fourth-order valence-corrected chi connectivity index (χ4v) is 4.89. The van der Waals surface area contributed by atoms with E-state index < -0.39 is 34.9 Å². The lowest BCUT2D eigenvalue weighted by atomic mass is 10.1. The van der Waals surface area contributed by atoms with Crippen molar-refractivity contribution in [3.8, 4) is 0 Å². The lowest BCUT2D eigenvalue weighted by Crippen LogP contribution is -2.37. The predicted octanol–water partition coefficient (Wildman–Crippen LogP) is 2.22. The van der Waals surface area contributed by atoms with Gasteiger partial charge >= 0.3 is 0 Å². The Morgan fingerprint density at radius 2 is 2.03 bits per heavy atom. The molecule has 0 bridgehead atoms. The number of imide groups is 1. The van der Waals surface area contributed by atoms with Crippen LogP contribution in [0.15, 0.2) is 18.2 Å². The number of nitro groups is 1. The lowest BCUT2D eigenvalue weighted by molar-refractivity contribution is -0.385. The molecule has 0 saturated carbocycles. The first-order valence-corrected chi connectivity index (χ1v) is 11.2. The summed E-state index contributed by atoms with van der Waals surface area (Å²) >= 11 is 1.24. The number of hydrogen-bond donors (Lipinski definition) is 1. The molecule has 172 valence electrons. The quantitative estimate of drug-likeness (QED) is 0.386. The van der Waals surface area contributed by atoms with Crippen molar-refractivity contribution in [2.24, 2.45) is 5.92 Å². The molecule has 1 aromatic heterocycles. The van der Waals surface area contributed by atoms with Gasteiger partial charge in [-0.2, -0.15) is 0 Å². The molecule has 1 aromatic carbocycles. The molecule has 2 aliphatic heterocycles. The van der Waals surface area contributed by atoms with Crippen LogP contribution in [0.2, 0.25) is 0 Å². The summed E-state index contributed by atoms with van der Waals surface area (Å²) < 4.78 is 0. The summed E-state index contributed by atoms with van der Waals surface area (Å²) in [5, 5.41) is 14.1. The molecule has 4 amide bonds. The van der Waals surface area contributed by atoms with Crippen molar-refractivity contribution in [1.82, 2.24) is 14.8 Å². The summed E-state index contributed by atoms with van der Waals surface area (Å²) in [6.07, 6.45) is 1.05. The van der Waals surface area contributed by atoms with Crippen molar-refractivity contribution in [3.05, 3.63) is 50.0 Å². The van der Waals surface area contributed by atoms with E-state index in [2.05, 4.69) is 10.3 Å². The van der Waals surface area contributed by atoms with E-state index in [1.165, 1.54) is 23.5 Å². The Kier molecular flexibility index (Phi) is 5.93. The van der Waals surface area contributed by atoms with Crippen molar-refractivity contribution < 1.29 is 24.1 Å². The maximum absolute atomic E-state index is 12.6. The van der Waals surface area contributed by atoms with Crippen molar-refractivity contribution in [2.75, 3.05) is 18.4 Å². The fourth-order valence-electron chi connectivity index (χ4n) is 3.85. The Bertz CT molecular complexity index is 1190. The molecule has 33 heavy (non-hydrogen) atoms. The Morgan fingerprint density at radius 1 is 1.27 bits per heavy atom. The van der Waals surface area contributed by atoms with E-state index in [4.69, 9.17) is 0 Å². The van der Waals surface area contributed by atoms with Gasteiger partial charge in [-0.25, -0.2) is 4.98 Å². The average Bonchev–Trinajstić information content (AvgIpc) is 3.26. The monoisotopic (exact) mass is 471 g/mol. The average molecular weight is 471 g/mol. The number of carbonyl (C=O) groups is 4. The number of nitro benzene ring substituents is 1. The molecule has 0 spiro atoms. The van der Waals surface area contributed by atoms with E-state index >= 15 is 0 Å². The first-order chi connectivity index (χ1) is 15.7. The maximum Gasteiger partial charge on any atom is 0.282 e. The van der Waals surface area contributed by atoms with Crippen LogP contribution in [-0.4, -0.2) is 56.4 Å². The zero-order valence-electron chi connectivity index (χ0n) is 18.0. The normalized spacial score (nSPS) is 15.0. The topological polar surface area (TPSA) is 143 Å². The van der Waals surface area contributed by atoms with Crippen LogP contribution >= 0.6 is 11.3 Å². The molecule has 0 aliphatic carbocycles. The zero-order valence-corrected chi connectivity index (χ0v) is 18.8. The second-order valence-electron chi connectivity index (χ2n) is 8.25. The molecule has 4 rings (SSSR count). The van der Waals surface area contributed by atoms with Crippen LogP contribution in [0.5, 0.6) is 0 Å². The highest BCUT2D eigenvalue weighted by molar-refractivity contribution is 7.15. The third-order valence-corrected chi connectivity index (χ3v) is 6.39. The van der Waals surface area contributed by atoms with E-state index in [1.807, 2.05) is 13.8 Å². The van der Waals surface area contributed by atoms with Crippen LogP contribution in [0.3, 0.4) is 0 Å². The molecule has 2 aromatic rings. The number of thiazole rings is 1. The molecular weight excluding hydrogens is 450 g/mol. The predicted molar refractivity (Wildman–Crippen MR) is 118 cm³/mol. The molecular formula is C21H21N5O6S. The molecule has 0 saturated heterocycles. The van der Waals surface area contributed by atoms with E-state index in [1.54, 1.807) is 4.90 Å². The number of benzene rings is 1. The van der Waals surface area contributed by atoms with Gasteiger partial charge in [-0.3, -0.25) is 34.2 Å². The minimum Gasteiger partial charge on any atom is -0.337 e. The van der Waals surface area contributed by atoms with Crippen LogP contribution in [-0.2, 0) is 22.6 Å². The summed E-state index contributed by atoms with van der Waals surface area (Å²) in [5.74, 6) is -1.94. The molecule has 0 fully saturated rings. The van der Waals surface area contributed by atoms with Crippen LogP contribution in [0.25, 0.3) is 0 Å². The van der Waals surface area contributed by atoms with Crippen LogP contribution in [0.4, 0.5) is 10.8 Å². The number of nitrogens with one attached hydrogen (secondary N) is 1. The standard InChI is InChI=1S/C21H21N5O6S/c1-11(2)8-17(28)24-7-6-13-15(9-24)33-21(22-13)23-16(27)10-25-19(29)12-4-3-5-14(26(31)32)18(12)20(25)30/h3-5,11H,6-10H2,1-2H3,(H,22,23,27). The number of carbonyl (C=O) groups excluding carboxylic acids is 4. The molecule has 2 aliphatic rings. The van der Waals surface area contributed by atoms with E-state index in [9.17, 15) is 29.3 Å². The van der Waals surface area contributed by atoms with E-state index in [0.717, 1.165) is 16.6 Å². The fraction of sp³-hybridized carbons (Fsp3) is 0.381. The minimum atomic E-state index is -0.879. The highest BCUT2D eigenvalue weighted by Crippen LogP contribution is 2.31. The van der Waals surface area contributed by atoms with Crippen LogP contribution < -0.4 is 5.32 Å². The summed E-state index contributed by atoms with van der Waals surface area (Å²) in [6.45, 7) is 4.37. The maximum atomic E-state index is 12.6. The third kappa shape index (κ3) is 4.33. The van der Waals surface area contributed by atoms with Gasteiger partial charge in [-0.15, -0.1) is 0 Å². The molecule has 3 heterocycles. The molecule has 0 radical (unpaired) electrons. The van der Waals surface area contributed by atoms with Gasteiger partial charge in [0.25, 0.3) is 17.5 Å². The van der Waals surface area contributed by atoms with Crippen LogP contribution in [0, 0.1) is 16.0 Å². The number of rotatable bonds is 6. The Balaban J connectivity index is 1.43. The van der Waals surface area contributed by atoms with Gasteiger partial charge in [0.2, 0.25) is 11.8 Å². The number of nitrogens with zero attached hydrogens (tertiary/aromatic N) is 4. The number of amides is 4. The van der Waals surface area contributed by atoms with Gasteiger partial charge in [0.15, 0.2) is 5.13 Å². The third-order valence-electron chi connectivity index (χ3n) is 5.39. The number of fused-ring (bicyclic) bond motifs is 2. The summed E-state index contributed by atoms with van der Waals surface area (Å²) in [6, 6.07) is 3.78. The molecule has 0 unspecified atom stereocenters. The smallest absolute Gasteiger partial charge is 0.282 e. The first kappa shape index (κ1) is 22.5. The first-order valence-electron chi connectivity index (χ1n) is 10.4. The van der Waals surface area contributed by atoms with Gasteiger partial charge < -0.3 is 10.2 Å². The van der Waals surface area contributed by atoms with Gasteiger partial charge in [0.05, 0.1) is 22.7 Å². The van der Waals surface area contributed by atoms with Crippen molar-refractivity contribution in [3.63, 3.8) is 0 Å². The Hall–Kier alpha value is -3.67. The number of anilines is 1. The Morgan fingerprint density at radius 3 is 2.73 bits per heavy atom. The van der Waals surface area contributed by atoms with Crippen molar-refractivity contribution in [2.45, 2.75) is 33.2 Å². The SMILES string of the molecule is CC(C)CC(=O)N1CCc2nc(NC(=O)CN3C(=O)c4cccc([N+](=O)[O-])c4C3=O)sc2C1. The molecule has 0 atom stereocenters. The number of hydrogen-bond acceptors (Lipinski definition) is 8. The van der Waals surface area contributed by atoms with Gasteiger partial charge in [0, 0.05) is 30.3 Å². The van der Waals surface area contributed by atoms with Gasteiger partial charge in [-0.1, -0.05) is 31.3 Å². The largest absolute Gasteiger partial charge is 0.337 e.